The molecule has 17 heavy (non-hydrogen) atoms. The Hall–Kier alpha value is -2.28. The van der Waals surface area contributed by atoms with Crippen LogP contribution in [0.5, 0.6) is 0 Å². The van der Waals surface area contributed by atoms with Gasteiger partial charge in [-0.25, -0.2) is 4.79 Å². The van der Waals surface area contributed by atoms with Crippen molar-refractivity contribution in [3.05, 3.63) is 47.2 Å². The molecule has 0 atom stereocenters. The Bertz CT molecular complexity index is 457. The molecule has 1 rings (SSSR count). The number of rotatable bonds is 4. The van der Waals surface area contributed by atoms with Crippen LogP contribution in [0.3, 0.4) is 0 Å². The van der Waals surface area contributed by atoms with Gasteiger partial charge in [-0.05, 0) is 12.5 Å². The number of ether oxygens (including phenoxy) is 1. The van der Waals surface area contributed by atoms with Gasteiger partial charge >= 0.3 is 5.97 Å². The lowest BCUT2D eigenvalue weighted by Crippen LogP contribution is -2.10. The van der Waals surface area contributed by atoms with Crippen LogP contribution in [0.1, 0.15) is 12.5 Å². The molecule has 1 aromatic carbocycles. The van der Waals surface area contributed by atoms with Gasteiger partial charge in [0.1, 0.15) is 0 Å². The molecule has 4 nitrogen and oxygen atoms in total. The van der Waals surface area contributed by atoms with Crippen molar-refractivity contribution >= 4 is 5.97 Å². The number of nitriles is 1. The maximum atomic E-state index is 11.3. The number of esters is 1. The lowest BCUT2D eigenvalue weighted by molar-refractivity contribution is -0.141. The second kappa shape index (κ2) is 6.33. The summed E-state index contributed by atoms with van der Waals surface area (Å²) < 4.78 is 4.63. The molecule has 4 heteroatoms. The monoisotopic (exact) mass is 231 g/mol. The number of hydrogen-bond acceptors (Lipinski definition) is 4. The van der Waals surface area contributed by atoms with Gasteiger partial charge in [0.15, 0.2) is 0 Å². The molecule has 0 bridgehead atoms. The van der Waals surface area contributed by atoms with Crippen LogP contribution >= 0.6 is 0 Å². The van der Waals surface area contributed by atoms with Gasteiger partial charge in [-0.15, -0.1) is 0 Å². The summed E-state index contributed by atoms with van der Waals surface area (Å²) in [6.07, 6.45) is 0.210. The largest absolute Gasteiger partial charge is 0.501 e. The van der Waals surface area contributed by atoms with Crippen LogP contribution in [0.15, 0.2) is 41.7 Å². The Labute approximate surface area is 99.8 Å². The first-order chi connectivity index (χ1) is 8.19. The maximum absolute atomic E-state index is 11.3. The number of carbonyl (C=O) groups excluding carboxylic acids is 1. The van der Waals surface area contributed by atoms with E-state index in [-0.39, 0.29) is 18.6 Å². The highest BCUT2D eigenvalue weighted by atomic mass is 16.5. The Balaban J connectivity index is 2.89. The van der Waals surface area contributed by atoms with E-state index in [9.17, 15) is 9.90 Å². The van der Waals surface area contributed by atoms with Gasteiger partial charge in [-0.3, -0.25) is 0 Å². The average Bonchev–Trinajstić information content (AvgIpc) is 2.36. The van der Waals surface area contributed by atoms with Gasteiger partial charge in [0.25, 0.3) is 0 Å². The highest BCUT2D eigenvalue weighted by Gasteiger charge is 2.15. The van der Waals surface area contributed by atoms with E-state index in [1.165, 1.54) is 0 Å². The summed E-state index contributed by atoms with van der Waals surface area (Å²) in [6, 6.07) is 11.0. The van der Waals surface area contributed by atoms with E-state index in [0.29, 0.717) is 0 Å². The van der Waals surface area contributed by atoms with Gasteiger partial charge in [-0.2, -0.15) is 5.26 Å². The first kappa shape index (κ1) is 12.8. The highest BCUT2D eigenvalue weighted by molar-refractivity contribution is 5.87. The third-order valence-electron chi connectivity index (χ3n) is 2.11. The van der Waals surface area contributed by atoms with Crippen LogP contribution in [-0.2, 0) is 16.0 Å². The smallest absolute Gasteiger partial charge is 0.374 e. The highest BCUT2D eigenvalue weighted by Crippen LogP contribution is 2.11. The summed E-state index contributed by atoms with van der Waals surface area (Å²) >= 11 is 0. The minimum Gasteiger partial charge on any atom is -0.501 e. The van der Waals surface area contributed by atoms with E-state index >= 15 is 0 Å². The van der Waals surface area contributed by atoms with Crippen molar-refractivity contribution < 1.29 is 14.6 Å². The number of benzene rings is 1. The number of carbonyl (C=O) groups is 1. The summed E-state index contributed by atoms with van der Waals surface area (Å²) in [7, 11) is 0. The second-order valence-corrected chi connectivity index (χ2v) is 3.32. The number of aliphatic hydroxyl groups excluding tert-OH is 1. The van der Waals surface area contributed by atoms with Crippen molar-refractivity contribution in [1.82, 2.24) is 0 Å². The van der Waals surface area contributed by atoms with Crippen molar-refractivity contribution in [3.63, 3.8) is 0 Å². The SMILES string of the molecule is CCOC(=O)/C(O)=C(\C#N)Cc1ccccc1. The second-order valence-electron chi connectivity index (χ2n) is 3.32. The maximum Gasteiger partial charge on any atom is 0.374 e. The molecule has 0 heterocycles. The molecule has 0 saturated carbocycles. The van der Waals surface area contributed by atoms with Crippen molar-refractivity contribution in [3.8, 4) is 6.07 Å². The summed E-state index contributed by atoms with van der Waals surface area (Å²) in [5, 5.41) is 18.5. The molecule has 88 valence electrons. The molecule has 0 spiro atoms. The summed E-state index contributed by atoms with van der Waals surface area (Å²) in [6.45, 7) is 1.79. The quantitative estimate of drug-likeness (QED) is 0.373. The van der Waals surface area contributed by atoms with Crippen LogP contribution in [0.2, 0.25) is 0 Å². The molecule has 0 fully saturated rings. The van der Waals surface area contributed by atoms with Crippen molar-refractivity contribution in [2.24, 2.45) is 0 Å². The molecule has 0 unspecified atom stereocenters. The fraction of sp³-hybridized carbons (Fsp3) is 0.231. The first-order valence-corrected chi connectivity index (χ1v) is 5.22. The van der Waals surface area contributed by atoms with Crippen LogP contribution in [0.4, 0.5) is 0 Å². The minimum atomic E-state index is -0.861. The van der Waals surface area contributed by atoms with Crippen LogP contribution in [-0.4, -0.2) is 17.7 Å². The first-order valence-electron chi connectivity index (χ1n) is 5.22. The topological polar surface area (TPSA) is 70.3 Å². The Morgan fingerprint density at radius 1 is 1.41 bits per heavy atom. The zero-order chi connectivity index (χ0) is 12.7. The van der Waals surface area contributed by atoms with Gasteiger partial charge in [0.2, 0.25) is 5.76 Å². The number of allylic oxidation sites excluding steroid dienone is 1. The normalized spacial score (nSPS) is 11.3. The molecule has 0 saturated heterocycles. The van der Waals surface area contributed by atoms with Crippen molar-refractivity contribution in [2.75, 3.05) is 6.61 Å². The summed E-state index contributed by atoms with van der Waals surface area (Å²) in [4.78, 5) is 11.3. The Morgan fingerprint density at radius 2 is 2.06 bits per heavy atom. The molecule has 1 N–H and O–H groups in total. The fourth-order valence-corrected chi connectivity index (χ4v) is 1.30. The van der Waals surface area contributed by atoms with E-state index < -0.39 is 11.7 Å². The number of nitrogens with zero attached hydrogens (tertiary/aromatic N) is 1. The predicted octanol–water partition coefficient (Wildman–Crippen LogP) is 2.13. The molecule has 0 aliphatic heterocycles. The fourth-order valence-electron chi connectivity index (χ4n) is 1.30. The summed E-state index contributed by atoms with van der Waals surface area (Å²) in [5.41, 5.74) is 0.856. The molecule has 0 amide bonds. The minimum absolute atomic E-state index is 0.00894. The molecule has 0 radical (unpaired) electrons. The van der Waals surface area contributed by atoms with Gasteiger partial charge in [-0.1, -0.05) is 30.3 Å². The zero-order valence-corrected chi connectivity index (χ0v) is 9.51. The van der Waals surface area contributed by atoms with Gasteiger partial charge in [0.05, 0.1) is 18.2 Å². The zero-order valence-electron chi connectivity index (χ0n) is 9.51. The van der Waals surface area contributed by atoms with Crippen molar-refractivity contribution in [1.29, 1.82) is 5.26 Å². The Kier molecular flexibility index (Phi) is 4.77. The van der Waals surface area contributed by atoms with Crippen LogP contribution < -0.4 is 0 Å². The van der Waals surface area contributed by atoms with Gasteiger partial charge < -0.3 is 9.84 Å². The Morgan fingerprint density at radius 3 is 2.59 bits per heavy atom. The van der Waals surface area contributed by atoms with Crippen LogP contribution in [0.25, 0.3) is 0 Å². The average molecular weight is 231 g/mol. The number of hydrogen-bond donors (Lipinski definition) is 1. The molecule has 0 aliphatic rings. The molecule has 0 aliphatic carbocycles. The molecular weight excluding hydrogens is 218 g/mol. The lowest BCUT2D eigenvalue weighted by Gasteiger charge is -2.04. The molecular formula is C13H13NO3. The van der Waals surface area contributed by atoms with E-state index in [4.69, 9.17) is 5.26 Å². The van der Waals surface area contributed by atoms with E-state index in [1.807, 2.05) is 36.4 Å². The van der Waals surface area contributed by atoms with E-state index in [2.05, 4.69) is 4.74 Å². The lowest BCUT2D eigenvalue weighted by atomic mass is 10.1. The summed E-state index contributed by atoms with van der Waals surface area (Å²) in [5.74, 6) is -1.47. The molecule has 1 aromatic rings. The molecule has 0 aromatic heterocycles. The predicted molar refractivity (Wildman–Crippen MR) is 62.0 cm³/mol. The van der Waals surface area contributed by atoms with Crippen LogP contribution in [0, 0.1) is 11.3 Å². The van der Waals surface area contributed by atoms with Crippen molar-refractivity contribution in [2.45, 2.75) is 13.3 Å². The van der Waals surface area contributed by atoms with Gasteiger partial charge in [0, 0.05) is 6.42 Å². The van der Waals surface area contributed by atoms with E-state index in [0.717, 1.165) is 5.56 Å². The standard InChI is InChI=1S/C13H13NO3/c1-2-17-13(16)12(15)11(9-14)8-10-6-4-3-5-7-10/h3-7,15H,2,8H2,1H3/b12-11+. The third kappa shape index (κ3) is 3.65. The van der Waals surface area contributed by atoms with E-state index in [1.54, 1.807) is 6.92 Å². The third-order valence-corrected chi connectivity index (χ3v) is 2.11. The number of aliphatic hydroxyl groups is 1.